The van der Waals surface area contributed by atoms with Crippen molar-refractivity contribution in [2.45, 2.75) is 32.7 Å². The van der Waals surface area contributed by atoms with Gasteiger partial charge in [0.25, 0.3) is 0 Å². The Bertz CT molecular complexity index is 1490. The largest absolute Gasteiger partial charge is 0.478 e. The molecule has 2 aromatic heterocycles. The van der Waals surface area contributed by atoms with Crippen molar-refractivity contribution in [3.8, 4) is 22.4 Å². The Balaban J connectivity index is 1.68. The first-order chi connectivity index (χ1) is 17.3. The number of benzene rings is 2. The second-order valence-corrected chi connectivity index (χ2v) is 9.49. The molecule has 0 spiro atoms. The van der Waals surface area contributed by atoms with E-state index in [1.54, 1.807) is 35.4 Å². The number of nitrogens with one attached hydrogen (secondary N) is 1. The number of aromatic nitrogens is 4. The second-order valence-electron chi connectivity index (χ2n) is 9.11. The van der Waals surface area contributed by atoms with Gasteiger partial charge in [-0.3, -0.25) is 14.6 Å². The topological polar surface area (TPSA) is 104 Å². The van der Waals surface area contributed by atoms with Crippen molar-refractivity contribution in [2.75, 3.05) is 13.1 Å². The Morgan fingerprint density at radius 3 is 2.50 bits per heavy atom. The predicted molar refractivity (Wildman–Crippen MR) is 139 cm³/mol. The van der Waals surface area contributed by atoms with E-state index in [9.17, 15) is 14.7 Å². The molecule has 3 heterocycles. The van der Waals surface area contributed by atoms with Crippen LogP contribution in [0, 0.1) is 13.8 Å². The highest BCUT2D eigenvalue weighted by Crippen LogP contribution is 2.44. The Kier molecular flexibility index (Phi) is 6.14. The van der Waals surface area contributed by atoms with Crippen LogP contribution in [0.15, 0.2) is 49.2 Å². The predicted octanol–water partition coefficient (Wildman–Crippen LogP) is 5.41. The molecule has 2 N–H and O–H groups in total. The zero-order valence-corrected chi connectivity index (χ0v) is 20.8. The number of aromatic carboxylic acids is 1. The summed E-state index contributed by atoms with van der Waals surface area (Å²) in [5.41, 5.74) is 6.22. The minimum absolute atomic E-state index is 0.0561. The van der Waals surface area contributed by atoms with Gasteiger partial charge in [0, 0.05) is 40.9 Å². The molecule has 0 aliphatic carbocycles. The molecule has 1 fully saturated rings. The van der Waals surface area contributed by atoms with Crippen LogP contribution in [0.3, 0.4) is 0 Å². The normalized spacial score (nSPS) is 14.4. The van der Waals surface area contributed by atoms with Crippen molar-refractivity contribution < 1.29 is 14.7 Å². The van der Waals surface area contributed by atoms with Crippen LogP contribution in [0.2, 0.25) is 5.02 Å². The number of nitrogens with zero attached hydrogens (tertiary/aromatic N) is 4. The minimum Gasteiger partial charge on any atom is -0.478 e. The van der Waals surface area contributed by atoms with Gasteiger partial charge in [0.15, 0.2) is 0 Å². The molecule has 0 radical (unpaired) electrons. The Hall–Kier alpha value is -3.91. The SMILES string of the molecule is C=CC(=O)N1CCC(n2nc(-c3ccc(C(=O)O)cc3)c(-c3c(Cl)c(C)cc4[nH]ncc34)c2C)CC1. The molecule has 1 amide bonds. The summed E-state index contributed by atoms with van der Waals surface area (Å²) in [5, 5.41) is 23.2. The van der Waals surface area contributed by atoms with E-state index in [-0.39, 0.29) is 17.5 Å². The molecule has 36 heavy (non-hydrogen) atoms. The standard InChI is InChI=1S/C27H26ClN5O3/c1-4-22(34)32-11-9-19(10-12-32)33-16(3)23(24-20-14-29-30-21(20)13-15(2)25(24)28)26(31-33)17-5-7-18(8-6-17)27(35)36/h4-8,13-14,19H,1,9-12H2,2-3H3,(H,29,30)(H,35,36). The highest BCUT2D eigenvalue weighted by Gasteiger charge is 2.29. The fourth-order valence-corrected chi connectivity index (χ4v) is 5.30. The molecule has 4 aromatic rings. The molecule has 184 valence electrons. The first-order valence-electron chi connectivity index (χ1n) is 11.8. The molecular formula is C27H26ClN5O3. The average molecular weight is 504 g/mol. The van der Waals surface area contributed by atoms with Crippen LogP contribution in [0.25, 0.3) is 33.3 Å². The molecule has 9 heteroatoms. The third-order valence-corrected chi connectivity index (χ3v) is 7.45. The lowest BCUT2D eigenvalue weighted by Crippen LogP contribution is -2.38. The van der Waals surface area contributed by atoms with E-state index in [1.807, 2.05) is 24.6 Å². The number of halogens is 1. The Morgan fingerprint density at radius 1 is 1.17 bits per heavy atom. The van der Waals surface area contributed by atoms with Crippen molar-refractivity contribution in [2.24, 2.45) is 0 Å². The highest BCUT2D eigenvalue weighted by atomic mass is 35.5. The average Bonchev–Trinajstić information content (AvgIpc) is 3.48. The minimum atomic E-state index is -0.980. The van der Waals surface area contributed by atoms with Crippen molar-refractivity contribution in [1.82, 2.24) is 24.9 Å². The van der Waals surface area contributed by atoms with Gasteiger partial charge in [-0.25, -0.2) is 4.79 Å². The Morgan fingerprint density at radius 2 is 1.86 bits per heavy atom. The van der Waals surface area contributed by atoms with Crippen LogP contribution >= 0.6 is 11.6 Å². The molecule has 0 atom stereocenters. The van der Waals surface area contributed by atoms with E-state index >= 15 is 0 Å². The molecule has 5 rings (SSSR count). The van der Waals surface area contributed by atoms with Gasteiger partial charge in [-0.1, -0.05) is 30.3 Å². The maximum atomic E-state index is 12.1. The molecule has 1 aliphatic heterocycles. The number of hydrogen-bond acceptors (Lipinski definition) is 4. The van der Waals surface area contributed by atoms with Crippen molar-refractivity contribution in [3.63, 3.8) is 0 Å². The first kappa shape index (κ1) is 23.8. The molecule has 1 aliphatic rings. The molecule has 1 saturated heterocycles. The highest BCUT2D eigenvalue weighted by molar-refractivity contribution is 6.36. The zero-order chi connectivity index (χ0) is 25.6. The van der Waals surface area contributed by atoms with Crippen LogP contribution < -0.4 is 0 Å². The van der Waals surface area contributed by atoms with Gasteiger partial charge in [-0.2, -0.15) is 10.2 Å². The van der Waals surface area contributed by atoms with Gasteiger partial charge in [0.2, 0.25) is 5.91 Å². The fourth-order valence-electron chi connectivity index (χ4n) is 5.05. The van der Waals surface area contributed by atoms with Crippen LogP contribution in [0.5, 0.6) is 0 Å². The van der Waals surface area contributed by atoms with Gasteiger partial charge >= 0.3 is 5.97 Å². The summed E-state index contributed by atoms with van der Waals surface area (Å²) in [7, 11) is 0. The van der Waals surface area contributed by atoms with Crippen molar-refractivity contribution in [3.05, 3.63) is 71.0 Å². The lowest BCUT2D eigenvalue weighted by Gasteiger charge is -2.32. The third-order valence-electron chi connectivity index (χ3n) is 6.97. The van der Waals surface area contributed by atoms with E-state index in [2.05, 4.69) is 16.8 Å². The van der Waals surface area contributed by atoms with E-state index in [4.69, 9.17) is 16.7 Å². The van der Waals surface area contributed by atoms with Crippen LogP contribution in [-0.4, -0.2) is 55.0 Å². The number of aromatic amines is 1. The van der Waals surface area contributed by atoms with Crippen molar-refractivity contribution >= 4 is 34.4 Å². The molecule has 0 bridgehead atoms. The maximum Gasteiger partial charge on any atom is 0.335 e. The number of carbonyl (C=O) groups is 2. The van der Waals surface area contributed by atoms with Gasteiger partial charge in [-0.05, 0) is 56.5 Å². The maximum absolute atomic E-state index is 12.1. The number of likely N-dealkylation sites (tertiary alicyclic amines) is 1. The summed E-state index contributed by atoms with van der Waals surface area (Å²) >= 11 is 6.92. The molecule has 0 saturated carbocycles. The van der Waals surface area contributed by atoms with Gasteiger partial charge in [0.1, 0.15) is 5.69 Å². The monoisotopic (exact) mass is 503 g/mol. The number of hydrogen-bond donors (Lipinski definition) is 2. The van der Waals surface area contributed by atoms with E-state index in [1.165, 1.54) is 6.08 Å². The number of piperidine rings is 1. The van der Waals surface area contributed by atoms with E-state index < -0.39 is 5.97 Å². The number of carbonyl (C=O) groups excluding carboxylic acids is 1. The molecule has 8 nitrogen and oxygen atoms in total. The summed E-state index contributed by atoms with van der Waals surface area (Å²) in [6, 6.07) is 8.80. The van der Waals surface area contributed by atoms with Gasteiger partial charge < -0.3 is 10.0 Å². The van der Waals surface area contributed by atoms with Crippen molar-refractivity contribution in [1.29, 1.82) is 0 Å². The second kappa shape index (κ2) is 9.28. The first-order valence-corrected chi connectivity index (χ1v) is 12.1. The van der Waals surface area contributed by atoms with Gasteiger partial charge in [0.05, 0.1) is 28.3 Å². The molecule has 2 aromatic carbocycles. The number of aryl methyl sites for hydroxylation is 1. The van der Waals surface area contributed by atoms with E-state index in [0.717, 1.165) is 57.4 Å². The quantitative estimate of drug-likeness (QED) is 0.354. The number of carboxylic acids is 1. The number of fused-ring (bicyclic) bond motifs is 1. The lowest BCUT2D eigenvalue weighted by molar-refractivity contribution is -0.127. The lowest BCUT2D eigenvalue weighted by atomic mass is 9.94. The summed E-state index contributed by atoms with van der Waals surface area (Å²) < 4.78 is 2.04. The van der Waals surface area contributed by atoms with Gasteiger partial charge in [-0.15, -0.1) is 0 Å². The number of H-pyrrole nitrogens is 1. The Labute approximate surface area is 213 Å². The van der Waals surface area contributed by atoms with E-state index in [0.29, 0.717) is 18.1 Å². The molecular weight excluding hydrogens is 478 g/mol. The van der Waals surface area contributed by atoms with Crippen LogP contribution in [-0.2, 0) is 4.79 Å². The summed E-state index contributed by atoms with van der Waals surface area (Å²) in [4.78, 5) is 25.3. The summed E-state index contributed by atoms with van der Waals surface area (Å²) in [6.45, 7) is 8.84. The van der Waals surface area contributed by atoms with Crippen LogP contribution in [0.4, 0.5) is 0 Å². The zero-order valence-electron chi connectivity index (χ0n) is 20.1. The number of carboxylic acid groups (broad SMARTS) is 1. The third kappa shape index (κ3) is 3.97. The number of amides is 1. The summed E-state index contributed by atoms with van der Waals surface area (Å²) in [5.74, 6) is -1.04. The summed E-state index contributed by atoms with van der Waals surface area (Å²) in [6.07, 6.45) is 4.65. The smallest absolute Gasteiger partial charge is 0.335 e. The molecule has 0 unspecified atom stereocenters. The number of rotatable bonds is 5. The van der Waals surface area contributed by atoms with Crippen LogP contribution in [0.1, 0.15) is 40.5 Å². The fraction of sp³-hybridized carbons (Fsp3) is 0.259.